The monoisotopic (exact) mass is 259 g/mol. The number of nitrogens with zero attached hydrogens (tertiary/aromatic N) is 1. The number of rotatable bonds is 2. The molecule has 0 unspecified atom stereocenters. The van der Waals surface area contributed by atoms with Crippen molar-refractivity contribution in [2.24, 2.45) is 11.8 Å². The number of aromatic carboxylic acids is 1. The summed E-state index contributed by atoms with van der Waals surface area (Å²) in [4.78, 5) is 25.0. The average molecular weight is 259 g/mol. The fraction of sp³-hybridized carbons (Fsp3) is 0.467. The SMILES string of the molecule is O=C(O)c1ccc(C(=O)N2C[C@H]3CCC[C@@H]3C2)cc1. The van der Waals surface area contributed by atoms with E-state index >= 15 is 0 Å². The van der Waals surface area contributed by atoms with Crippen LogP contribution in [-0.2, 0) is 0 Å². The lowest BCUT2D eigenvalue weighted by Crippen LogP contribution is -2.29. The third-order valence-electron chi connectivity index (χ3n) is 4.39. The van der Waals surface area contributed by atoms with Crippen LogP contribution in [0.4, 0.5) is 0 Å². The van der Waals surface area contributed by atoms with Gasteiger partial charge in [-0.3, -0.25) is 4.79 Å². The highest BCUT2D eigenvalue weighted by Gasteiger charge is 2.38. The highest BCUT2D eigenvalue weighted by Crippen LogP contribution is 2.38. The third kappa shape index (κ3) is 2.23. The number of amides is 1. The molecule has 2 atom stereocenters. The molecular formula is C15H17NO3. The zero-order valence-electron chi connectivity index (χ0n) is 10.7. The Bertz CT molecular complexity index is 497. The standard InChI is InChI=1S/C15H17NO3/c17-14(10-4-6-11(7-5-10)15(18)19)16-8-12-2-1-3-13(12)9-16/h4-7,12-13H,1-3,8-9H2,(H,18,19)/t12-,13-/m1/s1. The molecule has 1 aromatic carbocycles. The minimum absolute atomic E-state index is 0.0336. The van der Waals surface area contributed by atoms with Gasteiger partial charge < -0.3 is 10.0 Å². The first-order chi connectivity index (χ1) is 9.15. The molecule has 1 saturated carbocycles. The van der Waals surface area contributed by atoms with Gasteiger partial charge in [-0.05, 0) is 48.9 Å². The minimum atomic E-state index is -0.963. The van der Waals surface area contributed by atoms with E-state index in [4.69, 9.17) is 5.11 Å². The Morgan fingerprint density at radius 3 is 2.05 bits per heavy atom. The van der Waals surface area contributed by atoms with Gasteiger partial charge in [-0.15, -0.1) is 0 Å². The van der Waals surface area contributed by atoms with Crippen molar-refractivity contribution in [1.29, 1.82) is 0 Å². The van der Waals surface area contributed by atoms with Gasteiger partial charge in [0.05, 0.1) is 5.56 Å². The molecule has 1 N–H and O–H groups in total. The van der Waals surface area contributed by atoms with Crippen LogP contribution in [0.15, 0.2) is 24.3 Å². The molecule has 1 amide bonds. The van der Waals surface area contributed by atoms with E-state index in [1.807, 2.05) is 4.90 Å². The molecule has 0 aromatic heterocycles. The van der Waals surface area contributed by atoms with Gasteiger partial charge in [0.2, 0.25) is 0 Å². The lowest BCUT2D eigenvalue weighted by Gasteiger charge is -2.17. The predicted molar refractivity (Wildman–Crippen MR) is 70.1 cm³/mol. The summed E-state index contributed by atoms with van der Waals surface area (Å²) in [6, 6.07) is 6.21. The molecule has 1 aromatic rings. The van der Waals surface area contributed by atoms with Gasteiger partial charge in [-0.2, -0.15) is 0 Å². The summed E-state index contributed by atoms with van der Waals surface area (Å²) < 4.78 is 0. The largest absolute Gasteiger partial charge is 0.478 e. The first kappa shape index (κ1) is 12.2. The van der Waals surface area contributed by atoms with Crippen LogP contribution in [0.3, 0.4) is 0 Å². The minimum Gasteiger partial charge on any atom is -0.478 e. The highest BCUT2D eigenvalue weighted by atomic mass is 16.4. The van der Waals surface area contributed by atoms with E-state index in [0.29, 0.717) is 17.4 Å². The number of carboxylic acids is 1. The number of hydrogen-bond donors (Lipinski definition) is 1. The fourth-order valence-electron chi connectivity index (χ4n) is 3.34. The van der Waals surface area contributed by atoms with Crippen LogP contribution in [0, 0.1) is 11.8 Å². The fourth-order valence-corrected chi connectivity index (χ4v) is 3.34. The molecule has 0 bridgehead atoms. The van der Waals surface area contributed by atoms with Crippen molar-refractivity contribution in [3.05, 3.63) is 35.4 Å². The molecule has 4 heteroatoms. The summed E-state index contributed by atoms with van der Waals surface area (Å²) in [7, 11) is 0. The Labute approximate surface area is 112 Å². The maximum absolute atomic E-state index is 12.3. The van der Waals surface area contributed by atoms with Crippen molar-refractivity contribution in [3.8, 4) is 0 Å². The molecular weight excluding hydrogens is 242 g/mol. The summed E-state index contributed by atoms with van der Waals surface area (Å²) in [5.74, 6) is 0.436. The van der Waals surface area contributed by atoms with Crippen LogP contribution < -0.4 is 0 Å². The summed E-state index contributed by atoms with van der Waals surface area (Å²) in [5, 5.41) is 8.84. The van der Waals surface area contributed by atoms with Crippen LogP contribution in [0.25, 0.3) is 0 Å². The van der Waals surface area contributed by atoms with Gasteiger partial charge in [-0.1, -0.05) is 6.42 Å². The van der Waals surface area contributed by atoms with Gasteiger partial charge in [0.1, 0.15) is 0 Å². The smallest absolute Gasteiger partial charge is 0.335 e. The van der Waals surface area contributed by atoms with Crippen molar-refractivity contribution < 1.29 is 14.7 Å². The lowest BCUT2D eigenvalue weighted by atomic mass is 10.0. The van der Waals surface area contributed by atoms with E-state index in [-0.39, 0.29) is 11.5 Å². The Balaban J connectivity index is 1.72. The maximum atomic E-state index is 12.3. The topological polar surface area (TPSA) is 57.6 Å². The van der Waals surface area contributed by atoms with E-state index in [1.165, 1.54) is 31.4 Å². The zero-order valence-corrected chi connectivity index (χ0v) is 10.7. The molecule has 0 radical (unpaired) electrons. The van der Waals surface area contributed by atoms with E-state index in [2.05, 4.69) is 0 Å². The van der Waals surface area contributed by atoms with Crippen molar-refractivity contribution >= 4 is 11.9 Å². The molecule has 3 rings (SSSR count). The van der Waals surface area contributed by atoms with Crippen LogP contribution in [-0.4, -0.2) is 35.0 Å². The predicted octanol–water partition coefficient (Wildman–Crippen LogP) is 2.26. The van der Waals surface area contributed by atoms with E-state index in [1.54, 1.807) is 12.1 Å². The van der Waals surface area contributed by atoms with Crippen LogP contribution >= 0.6 is 0 Å². The number of benzene rings is 1. The first-order valence-electron chi connectivity index (χ1n) is 6.78. The Morgan fingerprint density at radius 2 is 1.53 bits per heavy atom. The molecule has 1 heterocycles. The summed E-state index contributed by atoms with van der Waals surface area (Å²) in [6.45, 7) is 1.73. The lowest BCUT2D eigenvalue weighted by molar-refractivity contribution is 0.0695. The van der Waals surface area contributed by atoms with Gasteiger partial charge in [-0.25, -0.2) is 4.79 Å². The van der Waals surface area contributed by atoms with Gasteiger partial charge in [0.25, 0.3) is 5.91 Å². The third-order valence-corrected chi connectivity index (χ3v) is 4.39. The number of fused-ring (bicyclic) bond motifs is 1. The molecule has 2 aliphatic rings. The first-order valence-corrected chi connectivity index (χ1v) is 6.78. The van der Waals surface area contributed by atoms with Crippen molar-refractivity contribution in [3.63, 3.8) is 0 Å². The molecule has 0 spiro atoms. The van der Waals surface area contributed by atoms with Crippen molar-refractivity contribution in [2.45, 2.75) is 19.3 Å². The second-order valence-corrected chi connectivity index (χ2v) is 5.54. The molecule has 2 fully saturated rings. The number of carbonyl (C=O) groups is 2. The highest BCUT2D eigenvalue weighted by molar-refractivity contribution is 5.96. The maximum Gasteiger partial charge on any atom is 0.335 e. The van der Waals surface area contributed by atoms with E-state index < -0.39 is 5.97 Å². The van der Waals surface area contributed by atoms with Gasteiger partial charge in [0, 0.05) is 18.7 Å². The molecule has 1 aliphatic carbocycles. The summed E-state index contributed by atoms with van der Waals surface area (Å²) >= 11 is 0. The van der Waals surface area contributed by atoms with Crippen molar-refractivity contribution in [2.75, 3.05) is 13.1 Å². The second-order valence-electron chi connectivity index (χ2n) is 5.54. The van der Waals surface area contributed by atoms with Crippen molar-refractivity contribution in [1.82, 2.24) is 4.90 Å². The number of hydrogen-bond acceptors (Lipinski definition) is 2. The molecule has 1 aliphatic heterocycles. The van der Waals surface area contributed by atoms with Crippen LogP contribution in [0.1, 0.15) is 40.0 Å². The Hall–Kier alpha value is -1.84. The second kappa shape index (κ2) is 4.68. The van der Waals surface area contributed by atoms with Gasteiger partial charge >= 0.3 is 5.97 Å². The number of carbonyl (C=O) groups excluding carboxylic acids is 1. The summed E-state index contributed by atoms with van der Waals surface area (Å²) in [5.41, 5.74) is 0.805. The van der Waals surface area contributed by atoms with E-state index in [0.717, 1.165) is 13.1 Å². The normalized spacial score (nSPS) is 25.4. The molecule has 1 saturated heterocycles. The molecule has 19 heavy (non-hydrogen) atoms. The number of likely N-dealkylation sites (tertiary alicyclic amines) is 1. The molecule has 4 nitrogen and oxygen atoms in total. The Kier molecular flexibility index (Phi) is 3.01. The van der Waals surface area contributed by atoms with Crippen LogP contribution in [0.5, 0.6) is 0 Å². The average Bonchev–Trinajstić information content (AvgIpc) is 2.98. The number of carboxylic acid groups (broad SMARTS) is 1. The van der Waals surface area contributed by atoms with E-state index in [9.17, 15) is 9.59 Å². The summed E-state index contributed by atoms with van der Waals surface area (Å²) in [6.07, 6.45) is 3.78. The zero-order chi connectivity index (χ0) is 13.4. The van der Waals surface area contributed by atoms with Crippen LogP contribution in [0.2, 0.25) is 0 Å². The Morgan fingerprint density at radius 1 is 1.00 bits per heavy atom. The quantitative estimate of drug-likeness (QED) is 0.886. The molecule has 100 valence electrons. The van der Waals surface area contributed by atoms with Gasteiger partial charge in [0.15, 0.2) is 0 Å².